The average molecular weight is 357 g/mol. The summed E-state index contributed by atoms with van der Waals surface area (Å²) in [5.74, 6) is 1.03. The second kappa shape index (κ2) is 7.48. The predicted molar refractivity (Wildman–Crippen MR) is 88.8 cm³/mol. The molecule has 0 spiro atoms. The van der Waals surface area contributed by atoms with Gasteiger partial charge in [0.1, 0.15) is 0 Å². The van der Waals surface area contributed by atoms with E-state index in [0.29, 0.717) is 0 Å². The van der Waals surface area contributed by atoms with Crippen molar-refractivity contribution >= 4 is 33.6 Å². The summed E-state index contributed by atoms with van der Waals surface area (Å²) in [6, 6.07) is 8.04. The Hall–Kier alpha value is -0.520. The van der Waals surface area contributed by atoms with Gasteiger partial charge in [-0.2, -0.15) is 11.8 Å². The predicted octanol–water partition coefficient (Wildman–Crippen LogP) is 3.19. The maximum Gasteiger partial charge on any atom is 0.240 e. The van der Waals surface area contributed by atoms with Crippen LogP contribution in [0, 0.1) is 0 Å². The summed E-state index contributed by atoms with van der Waals surface area (Å²) < 4.78 is 1.06. The molecule has 1 aromatic carbocycles. The van der Waals surface area contributed by atoms with Crippen LogP contribution in [0.25, 0.3) is 0 Å². The van der Waals surface area contributed by atoms with Crippen molar-refractivity contribution in [1.29, 1.82) is 0 Å². The van der Waals surface area contributed by atoms with Crippen LogP contribution in [0.15, 0.2) is 28.7 Å². The molecule has 0 aliphatic carbocycles. The van der Waals surface area contributed by atoms with Crippen LogP contribution in [0.2, 0.25) is 0 Å². The molecule has 3 nitrogen and oxygen atoms in total. The molecule has 110 valence electrons. The van der Waals surface area contributed by atoms with Crippen molar-refractivity contribution in [2.24, 2.45) is 5.73 Å². The monoisotopic (exact) mass is 356 g/mol. The summed E-state index contributed by atoms with van der Waals surface area (Å²) in [6.07, 6.45) is 4.87. The van der Waals surface area contributed by atoms with E-state index in [9.17, 15) is 4.79 Å². The molecule has 1 fully saturated rings. The van der Waals surface area contributed by atoms with Crippen LogP contribution >= 0.6 is 27.7 Å². The number of likely N-dealkylation sites (tertiary alicyclic amines) is 1. The van der Waals surface area contributed by atoms with Crippen molar-refractivity contribution in [3.63, 3.8) is 0 Å². The fourth-order valence-electron chi connectivity index (χ4n) is 2.67. The second-order valence-electron chi connectivity index (χ2n) is 5.13. The molecular weight excluding hydrogens is 336 g/mol. The summed E-state index contributed by atoms with van der Waals surface area (Å²) in [5, 5.41) is 0. The number of carbonyl (C=O) groups is 1. The maximum absolute atomic E-state index is 12.5. The fraction of sp³-hybridized carbons (Fsp3) is 0.533. The summed E-state index contributed by atoms with van der Waals surface area (Å²) >= 11 is 5.23. The van der Waals surface area contributed by atoms with E-state index in [1.807, 2.05) is 23.3 Å². The van der Waals surface area contributed by atoms with Gasteiger partial charge in [0.05, 0.1) is 12.1 Å². The minimum absolute atomic E-state index is 0.0986. The second-order valence-corrected chi connectivity index (χ2v) is 7.03. The Kier molecular flexibility index (Phi) is 5.93. The highest BCUT2D eigenvalue weighted by Crippen LogP contribution is 2.33. The lowest BCUT2D eigenvalue weighted by Crippen LogP contribution is -2.43. The SMILES string of the molecule is CSCC[C@H](N)C(=O)N1CCCC1c1cccc(Br)c1. The van der Waals surface area contributed by atoms with E-state index in [0.717, 1.165) is 36.0 Å². The Balaban J connectivity index is 2.09. The molecule has 1 heterocycles. The zero-order chi connectivity index (χ0) is 14.5. The van der Waals surface area contributed by atoms with Crippen molar-refractivity contribution in [2.75, 3.05) is 18.6 Å². The Morgan fingerprint density at radius 2 is 2.40 bits per heavy atom. The third-order valence-corrected chi connectivity index (χ3v) is 4.86. The molecule has 20 heavy (non-hydrogen) atoms. The molecule has 2 atom stereocenters. The number of halogens is 1. The number of hydrogen-bond acceptors (Lipinski definition) is 3. The number of nitrogens with two attached hydrogens (primary N) is 1. The summed E-state index contributed by atoms with van der Waals surface area (Å²) in [6.45, 7) is 0.822. The summed E-state index contributed by atoms with van der Waals surface area (Å²) in [7, 11) is 0. The number of thioether (sulfide) groups is 1. The van der Waals surface area contributed by atoms with Crippen LogP contribution in [0.3, 0.4) is 0 Å². The molecule has 0 saturated carbocycles. The van der Waals surface area contributed by atoms with Crippen LogP contribution in [-0.2, 0) is 4.79 Å². The van der Waals surface area contributed by atoms with Gasteiger partial charge in [-0.3, -0.25) is 4.79 Å². The molecule has 1 aromatic rings. The molecule has 0 aromatic heterocycles. The van der Waals surface area contributed by atoms with E-state index >= 15 is 0 Å². The van der Waals surface area contributed by atoms with Crippen LogP contribution in [0.1, 0.15) is 30.9 Å². The van der Waals surface area contributed by atoms with Crippen LogP contribution in [0.5, 0.6) is 0 Å². The van der Waals surface area contributed by atoms with Crippen molar-refractivity contribution in [2.45, 2.75) is 31.3 Å². The van der Waals surface area contributed by atoms with E-state index < -0.39 is 0 Å². The van der Waals surface area contributed by atoms with Crippen molar-refractivity contribution < 1.29 is 4.79 Å². The first kappa shape index (κ1) is 15.9. The zero-order valence-electron chi connectivity index (χ0n) is 11.7. The highest BCUT2D eigenvalue weighted by Gasteiger charge is 2.32. The Morgan fingerprint density at radius 1 is 1.60 bits per heavy atom. The quantitative estimate of drug-likeness (QED) is 0.880. The molecule has 0 radical (unpaired) electrons. The molecule has 1 aliphatic heterocycles. The number of amides is 1. The lowest BCUT2D eigenvalue weighted by atomic mass is 10.0. The molecule has 1 amide bonds. The van der Waals surface area contributed by atoms with Gasteiger partial charge in [0.25, 0.3) is 0 Å². The third kappa shape index (κ3) is 3.77. The lowest BCUT2D eigenvalue weighted by Gasteiger charge is -2.28. The molecule has 1 aliphatic rings. The lowest BCUT2D eigenvalue weighted by molar-refractivity contribution is -0.133. The minimum Gasteiger partial charge on any atom is -0.334 e. The third-order valence-electron chi connectivity index (χ3n) is 3.72. The van der Waals surface area contributed by atoms with Gasteiger partial charge in [-0.25, -0.2) is 0 Å². The first-order valence-corrected chi connectivity index (χ1v) is 9.12. The zero-order valence-corrected chi connectivity index (χ0v) is 14.1. The van der Waals surface area contributed by atoms with Crippen molar-refractivity contribution in [1.82, 2.24) is 4.90 Å². The highest BCUT2D eigenvalue weighted by atomic mass is 79.9. The number of rotatable bonds is 5. The summed E-state index contributed by atoms with van der Waals surface area (Å²) in [4.78, 5) is 14.5. The number of nitrogens with zero attached hydrogens (tertiary/aromatic N) is 1. The van der Waals surface area contributed by atoms with Gasteiger partial charge in [-0.05, 0) is 49.0 Å². The molecule has 2 N–H and O–H groups in total. The molecular formula is C15H21BrN2OS. The number of carbonyl (C=O) groups excluding carboxylic acids is 1. The molecule has 0 bridgehead atoms. The molecule has 1 saturated heterocycles. The van der Waals surface area contributed by atoms with Gasteiger partial charge in [0.15, 0.2) is 0 Å². The minimum atomic E-state index is -0.366. The smallest absolute Gasteiger partial charge is 0.240 e. The first-order chi connectivity index (χ1) is 9.63. The van der Waals surface area contributed by atoms with Gasteiger partial charge in [-0.1, -0.05) is 28.1 Å². The maximum atomic E-state index is 12.5. The standard InChI is InChI=1S/C15H21BrN2OS/c1-20-9-7-13(17)15(19)18-8-3-6-14(18)11-4-2-5-12(16)10-11/h2,4-5,10,13-14H,3,6-9,17H2,1H3/t13-,14?/m0/s1. The van der Waals surface area contributed by atoms with E-state index in [4.69, 9.17) is 5.73 Å². The average Bonchev–Trinajstić information content (AvgIpc) is 2.93. The largest absolute Gasteiger partial charge is 0.334 e. The van der Waals surface area contributed by atoms with Gasteiger partial charge >= 0.3 is 0 Å². The Morgan fingerprint density at radius 3 is 3.10 bits per heavy atom. The number of hydrogen-bond donors (Lipinski definition) is 1. The fourth-order valence-corrected chi connectivity index (χ4v) is 3.58. The highest BCUT2D eigenvalue weighted by molar-refractivity contribution is 9.10. The molecule has 5 heteroatoms. The van der Waals surface area contributed by atoms with Gasteiger partial charge in [0, 0.05) is 11.0 Å². The van der Waals surface area contributed by atoms with E-state index in [2.05, 4.69) is 28.1 Å². The van der Waals surface area contributed by atoms with E-state index in [1.165, 1.54) is 5.56 Å². The molecule has 2 rings (SSSR count). The first-order valence-electron chi connectivity index (χ1n) is 6.94. The van der Waals surface area contributed by atoms with Gasteiger partial charge < -0.3 is 10.6 Å². The van der Waals surface area contributed by atoms with Crippen LogP contribution < -0.4 is 5.73 Å². The van der Waals surface area contributed by atoms with E-state index in [1.54, 1.807) is 11.8 Å². The van der Waals surface area contributed by atoms with Crippen molar-refractivity contribution in [3.8, 4) is 0 Å². The normalized spacial score (nSPS) is 20.1. The Bertz CT molecular complexity index is 469. The topological polar surface area (TPSA) is 46.3 Å². The molecule has 1 unspecified atom stereocenters. The van der Waals surface area contributed by atoms with Gasteiger partial charge in [-0.15, -0.1) is 0 Å². The van der Waals surface area contributed by atoms with Gasteiger partial charge in [0.2, 0.25) is 5.91 Å². The number of benzene rings is 1. The van der Waals surface area contributed by atoms with Crippen molar-refractivity contribution in [3.05, 3.63) is 34.3 Å². The Labute approximate surface area is 133 Å². The van der Waals surface area contributed by atoms with E-state index in [-0.39, 0.29) is 18.0 Å². The summed E-state index contributed by atoms with van der Waals surface area (Å²) in [5.41, 5.74) is 7.24. The van der Waals surface area contributed by atoms with Crippen LogP contribution in [0.4, 0.5) is 0 Å². The van der Waals surface area contributed by atoms with Crippen LogP contribution in [-0.4, -0.2) is 35.4 Å².